The zero-order valence-electron chi connectivity index (χ0n) is 16.1. The highest BCUT2D eigenvalue weighted by molar-refractivity contribution is 5.92. The predicted molar refractivity (Wildman–Crippen MR) is 99.7 cm³/mol. The van der Waals surface area contributed by atoms with Crippen LogP contribution in [0.2, 0.25) is 0 Å². The fourth-order valence-corrected chi connectivity index (χ4v) is 3.39. The van der Waals surface area contributed by atoms with Crippen LogP contribution in [0.25, 0.3) is 11.3 Å². The number of amides is 1. The minimum Gasteiger partial charge on any atom is -0.448 e. The fourth-order valence-electron chi connectivity index (χ4n) is 3.39. The van der Waals surface area contributed by atoms with E-state index in [1.165, 1.54) is 6.26 Å². The zero-order chi connectivity index (χ0) is 19.7. The van der Waals surface area contributed by atoms with Gasteiger partial charge in [0.05, 0.1) is 35.8 Å². The molecule has 1 amide bonds. The van der Waals surface area contributed by atoms with Gasteiger partial charge in [-0.05, 0) is 19.1 Å². The topological polar surface area (TPSA) is 94.5 Å². The number of ether oxygens (including phenoxy) is 1. The first kappa shape index (κ1) is 18.4. The average Bonchev–Trinajstić information content (AvgIpc) is 3.33. The third-order valence-corrected chi connectivity index (χ3v) is 4.80. The molecule has 4 heterocycles. The van der Waals surface area contributed by atoms with E-state index >= 15 is 0 Å². The molecule has 4 rings (SSSR count). The second-order valence-corrected chi connectivity index (χ2v) is 6.73. The Balaban J connectivity index is 1.57. The van der Waals surface area contributed by atoms with Crippen LogP contribution in [0.3, 0.4) is 0 Å². The summed E-state index contributed by atoms with van der Waals surface area (Å²) in [5.41, 5.74) is 3.62. The van der Waals surface area contributed by atoms with E-state index in [1.54, 1.807) is 11.8 Å². The van der Waals surface area contributed by atoms with Gasteiger partial charge >= 0.3 is 0 Å². The van der Waals surface area contributed by atoms with Crippen LogP contribution in [-0.2, 0) is 11.2 Å². The van der Waals surface area contributed by atoms with Gasteiger partial charge in [-0.1, -0.05) is 18.1 Å². The van der Waals surface area contributed by atoms with Gasteiger partial charge in [-0.25, -0.2) is 9.97 Å². The highest BCUT2D eigenvalue weighted by atomic mass is 16.5. The fraction of sp³-hybridized carbons (Fsp3) is 0.400. The van der Waals surface area contributed by atoms with Crippen molar-refractivity contribution < 1.29 is 18.5 Å². The van der Waals surface area contributed by atoms with Crippen molar-refractivity contribution in [1.29, 1.82) is 0 Å². The molecule has 1 atom stereocenters. The predicted octanol–water partition coefficient (Wildman–Crippen LogP) is 3.12. The Morgan fingerprint density at radius 3 is 2.89 bits per heavy atom. The van der Waals surface area contributed by atoms with Gasteiger partial charge in [-0.3, -0.25) is 4.79 Å². The van der Waals surface area contributed by atoms with Crippen LogP contribution >= 0.6 is 0 Å². The smallest absolute Gasteiger partial charge is 0.275 e. The normalized spacial score (nSPS) is 17.1. The summed E-state index contributed by atoms with van der Waals surface area (Å²) in [6.45, 7) is 6.99. The Bertz CT molecular complexity index is 994. The van der Waals surface area contributed by atoms with Crippen LogP contribution in [-0.4, -0.2) is 45.6 Å². The number of oxazole rings is 1. The van der Waals surface area contributed by atoms with Gasteiger partial charge in [0.2, 0.25) is 0 Å². The average molecular weight is 382 g/mol. The molecular weight excluding hydrogens is 360 g/mol. The summed E-state index contributed by atoms with van der Waals surface area (Å²) >= 11 is 0. The summed E-state index contributed by atoms with van der Waals surface area (Å²) in [4.78, 5) is 23.3. The minimum atomic E-state index is -0.309. The molecule has 3 aromatic heterocycles. The van der Waals surface area contributed by atoms with Gasteiger partial charge in [0.25, 0.3) is 5.91 Å². The van der Waals surface area contributed by atoms with Crippen molar-refractivity contribution in [1.82, 2.24) is 20.0 Å². The molecule has 28 heavy (non-hydrogen) atoms. The summed E-state index contributed by atoms with van der Waals surface area (Å²) in [7, 11) is 0. The highest BCUT2D eigenvalue weighted by Crippen LogP contribution is 2.29. The minimum absolute atomic E-state index is 0.163. The Morgan fingerprint density at radius 1 is 1.29 bits per heavy atom. The SMILES string of the molecule is CCc1onc(C)c1-c1cccc([C@@H]2CN(C(=O)c3coc(C)n3)CCO2)n1. The summed E-state index contributed by atoms with van der Waals surface area (Å²) in [6.07, 6.45) is 1.82. The lowest BCUT2D eigenvalue weighted by molar-refractivity contribution is -0.0248. The second-order valence-electron chi connectivity index (χ2n) is 6.73. The van der Waals surface area contributed by atoms with Crippen LogP contribution in [0.1, 0.15) is 46.6 Å². The first-order valence-electron chi connectivity index (χ1n) is 9.32. The first-order chi connectivity index (χ1) is 13.6. The monoisotopic (exact) mass is 382 g/mol. The van der Waals surface area contributed by atoms with Crippen molar-refractivity contribution >= 4 is 5.91 Å². The number of aryl methyl sites for hydroxylation is 3. The molecule has 1 aliphatic rings. The maximum atomic E-state index is 12.7. The molecular formula is C20H22N4O4. The van der Waals surface area contributed by atoms with Crippen LogP contribution < -0.4 is 0 Å². The lowest BCUT2D eigenvalue weighted by atomic mass is 10.1. The molecule has 0 aliphatic carbocycles. The number of nitrogens with zero attached hydrogens (tertiary/aromatic N) is 4. The Labute approximate surface area is 162 Å². The van der Waals surface area contributed by atoms with Crippen LogP contribution in [0.5, 0.6) is 0 Å². The third kappa shape index (κ3) is 3.43. The highest BCUT2D eigenvalue weighted by Gasteiger charge is 2.29. The van der Waals surface area contributed by atoms with E-state index < -0.39 is 0 Å². The summed E-state index contributed by atoms with van der Waals surface area (Å²) in [5, 5.41) is 4.06. The van der Waals surface area contributed by atoms with Gasteiger partial charge in [0, 0.05) is 19.9 Å². The van der Waals surface area contributed by atoms with Crippen molar-refractivity contribution in [3.63, 3.8) is 0 Å². The number of hydrogen-bond donors (Lipinski definition) is 0. The van der Waals surface area contributed by atoms with Crippen molar-refractivity contribution in [3.8, 4) is 11.3 Å². The van der Waals surface area contributed by atoms with Gasteiger partial charge in [-0.15, -0.1) is 0 Å². The molecule has 1 saturated heterocycles. The molecule has 0 bridgehead atoms. The van der Waals surface area contributed by atoms with Crippen molar-refractivity contribution in [2.45, 2.75) is 33.3 Å². The molecule has 0 aromatic carbocycles. The van der Waals surface area contributed by atoms with Crippen LogP contribution in [0, 0.1) is 13.8 Å². The van der Waals surface area contributed by atoms with Crippen molar-refractivity contribution in [3.05, 3.63) is 53.2 Å². The molecule has 8 nitrogen and oxygen atoms in total. The Morgan fingerprint density at radius 2 is 2.14 bits per heavy atom. The molecule has 146 valence electrons. The number of pyridine rings is 1. The van der Waals surface area contributed by atoms with Crippen molar-refractivity contribution in [2.24, 2.45) is 0 Å². The number of carbonyl (C=O) groups excluding carboxylic acids is 1. The number of carbonyl (C=O) groups is 1. The molecule has 1 fully saturated rings. The molecule has 0 saturated carbocycles. The number of hydrogen-bond acceptors (Lipinski definition) is 7. The lowest BCUT2D eigenvalue weighted by Gasteiger charge is -2.32. The second kappa shape index (κ2) is 7.55. The lowest BCUT2D eigenvalue weighted by Crippen LogP contribution is -2.42. The van der Waals surface area contributed by atoms with Crippen LogP contribution in [0.15, 0.2) is 33.4 Å². The maximum absolute atomic E-state index is 12.7. The summed E-state index contributed by atoms with van der Waals surface area (Å²) in [5.74, 6) is 1.12. The molecule has 1 aliphatic heterocycles. The Hall–Kier alpha value is -3.00. The van der Waals surface area contributed by atoms with E-state index in [1.807, 2.05) is 32.0 Å². The first-order valence-corrected chi connectivity index (χ1v) is 9.32. The van der Waals surface area contributed by atoms with E-state index in [-0.39, 0.29) is 12.0 Å². The summed E-state index contributed by atoms with van der Waals surface area (Å²) < 4.78 is 16.5. The van der Waals surface area contributed by atoms with E-state index in [0.717, 1.165) is 34.8 Å². The van der Waals surface area contributed by atoms with Gasteiger partial charge < -0.3 is 18.6 Å². The number of rotatable bonds is 4. The standard InChI is InChI=1S/C20H22N4O4/c1-4-17-19(12(2)23-28-17)15-7-5-6-14(22-15)18-10-24(8-9-26-18)20(25)16-11-27-13(3)21-16/h5-7,11,18H,4,8-10H2,1-3H3/t18-/m0/s1. The largest absolute Gasteiger partial charge is 0.448 e. The van der Waals surface area contributed by atoms with Gasteiger partial charge in [-0.2, -0.15) is 0 Å². The molecule has 0 radical (unpaired) electrons. The van der Waals surface area contributed by atoms with Gasteiger partial charge in [0.15, 0.2) is 11.6 Å². The summed E-state index contributed by atoms with van der Waals surface area (Å²) in [6, 6.07) is 5.79. The van der Waals surface area contributed by atoms with E-state index in [2.05, 4.69) is 10.1 Å². The number of morpholine rings is 1. The molecule has 0 spiro atoms. The van der Waals surface area contributed by atoms with Gasteiger partial charge in [0.1, 0.15) is 18.1 Å². The quantitative estimate of drug-likeness (QED) is 0.684. The van der Waals surface area contributed by atoms with E-state index in [0.29, 0.717) is 31.3 Å². The maximum Gasteiger partial charge on any atom is 0.275 e. The molecule has 0 unspecified atom stereocenters. The Kier molecular flexibility index (Phi) is 4.95. The van der Waals surface area contributed by atoms with Crippen molar-refractivity contribution in [2.75, 3.05) is 19.7 Å². The van der Waals surface area contributed by atoms with E-state index in [4.69, 9.17) is 18.7 Å². The third-order valence-electron chi connectivity index (χ3n) is 4.80. The molecule has 3 aromatic rings. The molecule has 0 N–H and O–H groups in total. The van der Waals surface area contributed by atoms with E-state index in [9.17, 15) is 4.79 Å². The van der Waals surface area contributed by atoms with Crippen LogP contribution in [0.4, 0.5) is 0 Å². The molecule has 8 heteroatoms. The zero-order valence-corrected chi connectivity index (χ0v) is 16.1. The number of aromatic nitrogens is 3.